The molecule has 0 aliphatic carbocycles. The van der Waals surface area contributed by atoms with Crippen LogP contribution < -0.4 is 10.1 Å². The van der Waals surface area contributed by atoms with Gasteiger partial charge >= 0.3 is 0 Å². The first-order valence-corrected chi connectivity index (χ1v) is 10.7. The average molecular weight is 425 g/mol. The normalized spacial score (nSPS) is 11.5. The summed E-state index contributed by atoms with van der Waals surface area (Å²) in [6.07, 6.45) is 0. The van der Waals surface area contributed by atoms with Crippen molar-refractivity contribution in [3.05, 3.63) is 52.0 Å². The van der Waals surface area contributed by atoms with Crippen molar-refractivity contribution in [1.82, 2.24) is 4.31 Å². The Balaban J connectivity index is 2.44. The van der Waals surface area contributed by atoms with Gasteiger partial charge in [0.25, 0.3) is 5.91 Å². The number of carbonyl (C=O) groups is 1. The number of nitrogens with zero attached hydrogens (tertiary/aromatic N) is 1. The molecule has 152 valence electrons. The van der Waals surface area contributed by atoms with Crippen LogP contribution in [-0.4, -0.2) is 38.8 Å². The SMILES string of the molecule is CCN(CC)S(=O)(=O)c1ccc(C)c(C(=O)Nc2cc(C)c(Cl)cc2OC)c1. The maximum absolute atomic E-state index is 12.9. The number of benzene rings is 2. The summed E-state index contributed by atoms with van der Waals surface area (Å²) in [5.41, 5.74) is 2.20. The maximum atomic E-state index is 12.9. The molecule has 1 amide bonds. The monoisotopic (exact) mass is 424 g/mol. The van der Waals surface area contributed by atoms with Gasteiger partial charge in [0.05, 0.1) is 17.7 Å². The summed E-state index contributed by atoms with van der Waals surface area (Å²) in [5.74, 6) is 0.00244. The Morgan fingerprint density at radius 2 is 1.75 bits per heavy atom. The summed E-state index contributed by atoms with van der Waals surface area (Å²) in [6.45, 7) is 7.84. The highest BCUT2D eigenvalue weighted by molar-refractivity contribution is 7.89. The lowest BCUT2D eigenvalue weighted by Gasteiger charge is -2.19. The van der Waals surface area contributed by atoms with E-state index in [-0.39, 0.29) is 10.5 Å². The average Bonchev–Trinajstić information content (AvgIpc) is 2.65. The van der Waals surface area contributed by atoms with Crippen molar-refractivity contribution in [2.75, 3.05) is 25.5 Å². The van der Waals surface area contributed by atoms with Crippen LogP contribution in [0.15, 0.2) is 35.2 Å². The van der Waals surface area contributed by atoms with Crippen molar-refractivity contribution >= 4 is 33.2 Å². The molecule has 2 aromatic carbocycles. The third kappa shape index (κ3) is 4.48. The van der Waals surface area contributed by atoms with Crippen LogP contribution in [0.4, 0.5) is 5.69 Å². The second-order valence-electron chi connectivity index (χ2n) is 6.32. The number of hydrogen-bond donors (Lipinski definition) is 1. The molecular weight excluding hydrogens is 400 g/mol. The van der Waals surface area contributed by atoms with Crippen LogP contribution in [0.1, 0.15) is 35.3 Å². The van der Waals surface area contributed by atoms with Crippen molar-refractivity contribution < 1.29 is 17.9 Å². The highest BCUT2D eigenvalue weighted by Crippen LogP contribution is 2.31. The molecule has 0 aromatic heterocycles. The predicted octanol–water partition coefficient (Wildman–Crippen LogP) is 4.25. The molecule has 0 atom stereocenters. The van der Waals surface area contributed by atoms with E-state index in [0.717, 1.165) is 5.56 Å². The number of methoxy groups -OCH3 is 1. The standard InChI is InChI=1S/C20H25ClN2O4S/c1-6-23(7-2)28(25,26)15-9-8-13(3)16(11-15)20(24)22-18-10-14(4)17(21)12-19(18)27-5/h8-12H,6-7H2,1-5H3,(H,22,24). The lowest BCUT2D eigenvalue weighted by Crippen LogP contribution is -2.30. The number of sulfonamides is 1. The van der Waals surface area contributed by atoms with E-state index < -0.39 is 15.9 Å². The number of hydrogen-bond acceptors (Lipinski definition) is 4. The van der Waals surface area contributed by atoms with E-state index in [1.54, 1.807) is 39.0 Å². The molecule has 0 saturated carbocycles. The fraction of sp³-hybridized carbons (Fsp3) is 0.350. The van der Waals surface area contributed by atoms with E-state index in [2.05, 4.69) is 5.32 Å². The molecule has 28 heavy (non-hydrogen) atoms. The highest BCUT2D eigenvalue weighted by Gasteiger charge is 2.24. The molecule has 0 bridgehead atoms. The third-order valence-electron chi connectivity index (χ3n) is 4.53. The fourth-order valence-electron chi connectivity index (χ4n) is 2.84. The van der Waals surface area contributed by atoms with Gasteiger partial charge in [-0.25, -0.2) is 8.42 Å². The number of carbonyl (C=O) groups excluding carboxylic acids is 1. The van der Waals surface area contributed by atoms with E-state index >= 15 is 0 Å². The zero-order valence-electron chi connectivity index (χ0n) is 16.7. The molecule has 0 radical (unpaired) electrons. The van der Waals surface area contributed by atoms with Crippen LogP contribution in [-0.2, 0) is 10.0 Å². The van der Waals surface area contributed by atoms with Crippen LogP contribution in [0.3, 0.4) is 0 Å². The molecular formula is C20H25ClN2O4S. The summed E-state index contributed by atoms with van der Waals surface area (Å²) in [5, 5.41) is 3.32. The zero-order valence-corrected chi connectivity index (χ0v) is 18.2. The lowest BCUT2D eigenvalue weighted by molar-refractivity contribution is 0.102. The summed E-state index contributed by atoms with van der Waals surface area (Å²) >= 11 is 6.11. The van der Waals surface area contributed by atoms with Crippen LogP contribution in [0, 0.1) is 13.8 Å². The van der Waals surface area contributed by atoms with Gasteiger partial charge in [0.15, 0.2) is 0 Å². The van der Waals surface area contributed by atoms with Gasteiger partial charge in [-0.1, -0.05) is 31.5 Å². The Morgan fingerprint density at radius 1 is 1.11 bits per heavy atom. The van der Waals surface area contributed by atoms with Gasteiger partial charge in [-0.2, -0.15) is 4.31 Å². The second-order valence-corrected chi connectivity index (χ2v) is 8.67. The Morgan fingerprint density at radius 3 is 2.32 bits per heavy atom. The Hall–Kier alpha value is -2.09. The third-order valence-corrected chi connectivity index (χ3v) is 6.98. The summed E-state index contributed by atoms with van der Waals surface area (Å²) in [4.78, 5) is 13.0. The molecule has 0 aliphatic heterocycles. The van der Waals surface area contributed by atoms with Crippen LogP contribution in [0.25, 0.3) is 0 Å². The lowest BCUT2D eigenvalue weighted by atomic mass is 10.1. The van der Waals surface area contributed by atoms with Gasteiger partial charge < -0.3 is 10.1 Å². The van der Waals surface area contributed by atoms with Crippen LogP contribution in [0.2, 0.25) is 5.02 Å². The molecule has 8 heteroatoms. The zero-order chi connectivity index (χ0) is 21.1. The maximum Gasteiger partial charge on any atom is 0.256 e. The molecule has 1 N–H and O–H groups in total. The number of anilines is 1. The first-order chi connectivity index (χ1) is 13.1. The second kappa shape index (κ2) is 8.94. The quantitative estimate of drug-likeness (QED) is 0.720. The fourth-order valence-corrected chi connectivity index (χ4v) is 4.48. The molecule has 0 saturated heterocycles. The Kier molecular flexibility index (Phi) is 7.09. The van der Waals surface area contributed by atoms with Crippen molar-refractivity contribution in [2.45, 2.75) is 32.6 Å². The Labute approximate surface area is 171 Å². The van der Waals surface area contributed by atoms with Crippen LogP contribution in [0.5, 0.6) is 5.75 Å². The van der Waals surface area contributed by atoms with Gasteiger partial charge in [-0.3, -0.25) is 4.79 Å². The molecule has 2 rings (SSSR count). The molecule has 2 aromatic rings. The topological polar surface area (TPSA) is 75.7 Å². The molecule has 0 aliphatic rings. The summed E-state index contributed by atoms with van der Waals surface area (Å²) in [6, 6.07) is 7.90. The number of nitrogens with one attached hydrogen (secondary N) is 1. The molecule has 0 spiro atoms. The van der Waals surface area contributed by atoms with Crippen LogP contribution >= 0.6 is 11.6 Å². The van der Waals surface area contributed by atoms with E-state index in [4.69, 9.17) is 16.3 Å². The number of aryl methyl sites for hydroxylation is 2. The van der Waals surface area contributed by atoms with Gasteiger partial charge in [-0.05, 0) is 43.2 Å². The smallest absolute Gasteiger partial charge is 0.256 e. The van der Waals surface area contributed by atoms with Gasteiger partial charge in [0, 0.05) is 29.7 Å². The largest absolute Gasteiger partial charge is 0.495 e. The number of halogens is 1. The van der Waals surface area contributed by atoms with Crippen molar-refractivity contribution in [1.29, 1.82) is 0 Å². The van der Waals surface area contributed by atoms with Gasteiger partial charge in [-0.15, -0.1) is 0 Å². The van der Waals surface area contributed by atoms with E-state index in [9.17, 15) is 13.2 Å². The first kappa shape index (κ1) is 22.2. The summed E-state index contributed by atoms with van der Waals surface area (Å²) in [7, 11) is -2.18. The van der Waals surface area contributed by atoms with E-state index in [1.807, 2.05) is 6.92 Å². The van der Waals surface area contributed by atoms with Gasteiger partial charge in [0.2, 0.25) is 10.0 Å². The van der Waals surface area contributed by atoms with Crippen molar-refractivity contribution in [2.24, 2.45) is 0 Å². The number of amides is 1. The molecule has 6 nitrogen and oxygen atoms in total. The molecule has 0 unspecified atom stereocenters. The molecule has 0 heterocycles. The molecule has 0 fully saturated rings. The minimum Gasteiger partial charge on any atom is -0.495 e. The van der Waals surface area contributed by atoms with E-state index in [0.29, 0.717) is 35.1 Å². The minimum absolute atomic E-state index is 0.0891. The Bertz CT molecular complexity index is 986. The predicted molar refractivity (Wildman–Crippen MR) is 112 cm³/mol. The first-order valence-electron chi connectivity index (χ1n) is 8.91. The highest BCUT2D eigenvalue weighted by atomic mass is 35.5. The van der Waals surface area contributed by atoms with Gasteiger partial charge in [0.1, 0.15) is 5.75 Å². The number of ether oxygens (including phenoxy) is 1. The van der Waals surface area contributed by atoms with E-state index in [1.165, 1.54) is 23.5 Å². The van der Waals surface area contributed by atoms with Crippen molar-refractivity contribution in [3.8, 4) is 5.75 Å². The number of rotatable bonds is 7. The minimum atomic E-state index is -3.66. The summed E-state index contributed by atoms with van der Waals surface area (Å²) < 4.78 is 32.2. The van der Waals surface area contributed by atoms with Crippen molar-refractivity contribution in [3.63, 3.8) is 0 Å².